The standard InChI is InChI=1S/C19H19N5O5/c1-29-16(7-12-9-22-14-4-2-3-11(8-20)17(12)14)18(26)24-15(19(27)28)6-5-13(25)10-23-21/h2-4,9-10,15-16,22H,5-7H2,1H3,(H,24,26)(H,27,28)/t15-,16-/m0/s1. The lowest BCUT2D eigenvalue weighted by molar-refractivity contribution is -0.144. The van der Waals surface area contributed by atoms with Crippen LogP contribution in [0, 0.1) is 11.3 Å². The quantitative estimate of drug-likeness (QED) is 0.304. The van der Waals surface area contributed by atoms with Crippen LogP contribution in [0.3, 0.4) is 0 Å². The topological polar surface area (TPSA) is 169 Å². The van der Waals surface area contributed by atoms with Crippen molar-refractivity contribution in [3.8, 4) is 6.07 Å². The first kappa shape index (κ1) is 21.5. The Morgan fingerprint density at radius 2 is 2.21 bits per heavy atom. The number of aliphatic carboxylic acids is 1. The number of rotatable bonds is 10. The van der Waals surface area contributed by atoms with Crippen LogP contribution in [-0.4, -0.2) is 58.0 Å². The lowest BCUT2D eigenvalue weighted by Gasteiger charge is -2.19. The number of fused-ring (bicyclic) bond motifs is 1. The highest BCUT2D eigenvalue weighted by molar-refractivity contribution is 6.25. The number of H-pyrrole nitrogens is 1. The molecule has 1 heterocycles. The molecule has 1 aromatic carbocycles. The van der Waals surface area contributed by atoms with Crippen LogP contribution in [0.1, 0.15) is 24.0 Å². The minimum absolute atomic E-state index is 0.115. The molecular weight excluding hydrogens is 378 g/mol. The number of benzene rings is 1. The van der Waals surface area contributed by atoms with Crippen molar-refractivity contribution in [2.45, 2.75) is 31.4 Å². The fourth-order valence-corrected chi connectivity index (χ4v) is 2.93. The van der Waals surface area contributed by atoms with Crippen LogP contribution in [-0.2, 0) is 25.5 Å². The number of aromatic nitrogens is 1. The van der Waals surface area contributed by atoms with Gasteiger partial charge in [-0.1, -0.05) is 6.07 Å². The molecule has 0 saturated heterocycles. The zero-order valence-corrected chi connectivity index (χ0v) is 15.6. The van der Waals surface area contributed by atoms with Gasteiger partial charge in [-0.15, -0.1) is 0 Å². The summed E-state index contributed by atoms with van der Waals surface area (Å²) in [5.41, 5.74) is 10.2. The highest BCUT2D eigenvalue weighted by Gasteiger charge is 2.27. The maximum Gasteiger partial charge on any atom is 0.326 e. The van der Waals surface area contributed by atoms with Gasteiger partial charge in [-0.05, 0) is 24.1 Å². The molecule has 150 valence electrons. The van der Waals surface area contributed by atoms with E-state index in [1.807, 2.05) is 0 Å². The predicted octanol–water partition coefficient (Wildman–Crippen LogP) is 0.816. The summed E-state index contributed by atoms with van der Waals surface area (Å²) in [6, 6.07) is 5.99. The van der Waals surface area contributed by atoms with Crippen LogP contribution in [0.15, 0.2) is 24.4 Å². The molecule has 0 bridgehead atoms. The van der Waals surface area contributed by atoms with Crippen molar-refractivity contribution in [2.75, 3.05) is 7.11 Å². The third-order valence-electron chi connectivity index (χ3n) is 4.39. The van der Waals surface area contributed by atoms with Gasteiger partial charge in [0.1, 0.15) is 12.1 Å². The van der Waals surface area contributed by atoms with Crippen molar-refractivity contribution >= 4 is 34.8 Å². The monoisotopic (exact) mass is 397 g/mol. The van der Waals surface area contributed by atoms with Gasteiger partial charge in [0.15, 0.2) is 0 Å². The minimum atomic E-state index is -1.31. The second-order valence-electron chi connectivity index (χ2n) is 6.23. The van der Waals surface area contributed by atoms with E-state index in [0.29, 0.717) is 22.7 Å². The second-order valence-corrected chi connectivity index (χ2v) is 6.23. The molecule has 0 fully saturated rings. The number of methoxy groups -OCH3 is 1. The summed E-state index contributed by atoms with van der Waals surface area (Å²) in [4.78, 5) is 40.9. The van der Waals surface area contributed by atoms with E-state index >= 15 is 0 Å². The molecule has 10 heteroatoms. The Morgan fingerprint density at radius 1 is 1.45 bits per heavy atom. The van der Waals surface area contributed by atoms with Crippen molar-refractivity contribution in [3.63, 3.8) is 0 Å². The molecule has 1 amide bonds. The van der Waals surface area contributed by atoms with E-state index in [9.17, 15) is 24.8 Å². The van der Waals surface area contributed by atoms with Gasteiger partial charge in [-0.25, -0.2) is 4.79 Å². The van der Waals surface area contributed by atoms with Crippen molar-refractivity contribution in [3.05, 3.63) is 41.1 Å². The maximum absolute atomic E-state index is 12.6. The average molecular weight is 397 g/mol. The number of aromatic amines is 1. The third kappa shape index (κ3) is 5.35. The number of ketones is 1. The van der Waals surface area contributed by atoms with Gasteiger partial charge in [-0.2, -0.15) is 10.1 Å². The first-order chi connectivity index (χ1) is 13.9. The fraction of sp³-hybridized carbons (Fsp3) is 0.316. The lowest BCUT2D eigenvalue weighted by atomic mass is 10.0. The first-order valence-corrected chi connectivity index (χ1v) is 8.66. The number of ether oxygens (including phenoxy) is 1. The van der Waals surface area contributed by atoms with Gasteiger partial charge in [0.2, 0.25) is 11.7 Å². The number of Topliss-reactive ketones (excluding diaryl/α,β-unsaturated/α-hetero) is 1. The van der Waals surface area contributed by atoms with Crippen molar-refractivity contribution in [2.24, 2.45) is 0 Å². The molecule has 3 N–H and O–H groups in total. The summed E-state index contributed by atoms with van der Waals surface area (Å²) in [5.74, 6) is -2.54. The Hall–Kier alpha value is -3.80. The Morgan fingerprint density at radius 3 is 2.83 bits per heavy atom. The van der Waals surface area contributed by atoms with E-state index in [0.717, 1.165) is 5.52 Å². The average Bonchev–Trinajstić information content (AvgIpc) is 3.12. The van der Waals surface area contributed by atoms with Crippen molar-refractivity contribution < 1.29 is 29.0 Å². The maximum atomic E-state index is 12.6. The molecule has 10 nitrogen and oxygen atoms in total. The first-order valence-electron chi connectivity index (χ1n) is 8.66. The van der Waals surface area contributed by atoms with Gasteiger partial charge >= 0.3 is 12.2 Å². The van der Waals surface area contributed by atoms with E-state index in [-0.39, 0.29) is 19.3 Å². The van der Waals surface area contributed by atoms with Gasteiger partial charge in [-0.3, -0.25) is 9.59 Å². The molecule has 0 aliphatic rings. The molecule has 1 aromatic heterocycles. The van der Waals surface area contributed by atoms with Gasteiger partial charge in [0.05, 0.1) is 11.6 Å². The van der Waals surface area contributed by atoms with Crippen molar-refractivity contribution in [1.29, 1.82) is 5.26 Å². The number of carbonyl (C=O) groups excluding carboxylic acids is 2. The van der Waals surface area contributed by atoms with E-state index in [1.165, 1.54) is 7.11 Å². The molecule has 29 heavy (non-hydrogen) atoms. The van der Waals surface area contributed by atoms with Crippen LogP contribution in [0.5, 0.6) is 0 Å². The number of nitriles is 1. The Kier molecular flexibility index (Phi) is 7.37. The molecule has 0 aliphatic heterocycles. The predicted molar refractivity (Wildman–Crippen MR) is 101 cm³/mol. The number of carboxylic acids is 1. The Bertz CT molecular complexity index is 1020. The molecule has 0 unspecified atom stereocenters. The fourth-order valence-electron chi connectivity index (χ4n) is 2.93. The summed E-state index contributed by atoms with van der Waals surface area (Å²) in [5, 5.41) is 21.6. The highest BCUT2D eigenvalue weighted by Crippen LogP contribution is 2.24. The molecular formula is C19H19N5O5. The molecule has 2 atom stereocenters. The number of carboxylic acid groups (broad SMARTS) is 1. The van der Waals surface area contributed by atoms with Gasteiger partial charge < -0.3 is 25.7 Å². The zero-order valence-electron chi connectivity index (χ0n) is 15.6. The minimum Gasteiger partial charge on any atom is -0.480 e. The van der Waals surface area contributed by atoms with E-state index in [4.69, 9.17) is 10.3 Å². The summed E-state index contributed by atoms with van der Waals surface area (Å²) in [6.07, 6.45) is 1.07. The third-order valence-corrected chi connectivity index (χ3v) is 4.39. The van der Waals surface area contributed by atoms with E-state index in [1.54, 1.807) is 24.4 Å². The normalized spacial score (nSPS) is 12.4. The van der Waals surface area contributed by atoms with Crippen LogP contribution in [0.2, 0.25) is 0 Å². The Balaban J connectivity index is 2.14. The van der Waals surface area contributed by atoms with Gasteiger partial charge in [0.25, 0.3) is 0 Å². The lowest BCUT2D eigenvalue weighted by Crippen LogP contribution is -2.46. The summed E-state index contributed by atoms with van der Waals surface area (Å²) in [7, 11) is 1.32. The van der Waals surface area contributed by atoms with E-state index in [2.05, 4.69) is 21.2 Å². The van der Waals surface area contributed by atoms with Crippen LogP contribution in [0.25, 0.3) is 16.4 Å². The van der Waals surface area contributed by atoms with Crippen LogP contribution in [0.4, 0.5) is 0 Å². The summed E-state index contributed by atoms with van der Waals surface area (Å²) in [6.45, 7) is 0. The number of nitrogens with zero attached hydrogens (tertiary/aromatic N) is 3. The molecule has 0 radical (unpaired) electrons. The molecule has 0 spiro atoms. The number of hydrogen-bond donors (Lipinski definition) is 3. The number of hydrogen-bond acceptors (Lipinski definition) is 5. The molecule has 0 saturated carbocycles. The smallest absolute Gasteiger partial charge is 0.326 e. The van der Waals surface area contributed by atoms with Crippen molar-refractivity contribution in [1.82, 2.24) is 10.3 Å². The Labute approximate surface area is 165 Å². The van der Waals surface area contributed by atoms with Gasteiger partial charge in [0, 0.05) is 37.1 Å². The number of carbonyl (C=O) groups is 3. The van der Waals surface area contributed by atoms with E-state index < -0.39 is 29.8 Å². The SMILES string of the molecule is CO[C@@H](Cc1c[nH]c2cccc(C#N)c12)C(=O)N[C@@H](CCC(=O)C=[N+]=[N-])C(=O)O. The zero-order chi connectivity index (χ0) is 21.4. The van der Waals surface area contributed by atoms with Crippen LogP contribution >= 0.6 is 0 Å². The summed E-state index contributed by atoms with van der Waals surface area (Å²) >= 11 is 0. The highest BCUT2D eigenvalue weighted by atomic mass is 16.5. The summed E-state index contributed by atoms with van der Waals surface area (Å²) < 4.78 is 5.23. The number of nitrogens with one attached hydrogen (secondary N) is 2. The molecule has 0 aliphatic carbocycles. The second kappa shape index (κ2) is 9.94. The molecule has 2 rings (SSSR count). The largest absolute Gasteiger partial charge is 0.480 e. The van der Waals surface area contributed by atoms with Crippen LogP contribution < -0.4 is 5.32 Å². The number of amides is 1. The molecule has 2 aromatic rings.